The van der Waals surface area contributed by atoms with Crippen LogP contribution in [0.3, 0.4) is 0 Å². The molecule has 0 unspecified atom stereocenters. The van der Waals surface area contributed by atoms with Gasteiger partial charge in [-0.2, -0.15) is 0 Å². The number of nitrogens with one attached hydrogen (secondary N) is 1. The minimum atomic E-state index is 0.690. The summed E-state index contributed by atoms with van der Waals surface area (Å²) in [6.45, 7) is 0. The van der Waals surface area contributed by atoms with Gasteiger partial charge < -0.3 is 4.98 Å². The summed E-state index contributed by atoms with van der Waals surface area (Å²) in [7, 11) is 0. The van der Waals surface area contributed by atoms with Gasteiger partial charge in [-0.05, 0) is 58.5 Å². The van der Waals surface area contributed by atoms with E-state index in [0.717, 1.165) is 25.7 Å². The van der Waals surface area contributed by atoms with Gasteiger partial charge in [-0.1, -0.05) is 28.1 Å². The van der Waals surface area contributed by atoms with Crippen molar-refractivity contribution in [2.24, 2.45) is 0 Å². The maximum Gasteiger partial charge on any atom is 0.182 e. The Morgan fingerprint density at radius 2 is 1.83 bits per heavy atom. The number of hydrogen-bond acceptors (Lipinski definition) is 1. The predicted octanol–water partition coefficient (Wildman–Crippen LogP) is 5.21. The van der Waals surface area contributed by atoms with Crippen LogP contribution in [0.15, 0.2) is 51.4 Å². The Morgan fingerprint density at radius 1 is 1.06 bits per heavy atom. The van der Waals surface area contributed by atoms with Crippen LogP contribution in [0, 0.1) is 4.77 Å². The average molecular weight is 384 g/mol. The summed E-state index contributed by atoms with van der Waals surface area (Å²) >= 11 is 12.5. The van der Waals surface area contributed by atoms with Crippen molar-refractivity contribution in [3.05, 3.63) is 56.2 Å². The lowest BCUT2D eigenvalue weighted by Gasteiger charge is -2.07. The van der Waals surface area contributed by atoms with Crippen LogP contribution in [0.4, 0.5) is 0 Å². The van der Waals surface area contributed by atoms with Crippen molar-refractivity contribution in [2.45, 2.75) is 0 Å². The second-order valence-electron chi connectivity index (χ2n) is 3.88. The molecule has 2 aromatic carbocycles. The van der Waals surface area contributed by atoms with Crippen LogP contribution >= 0.6 is 44.1 Å². The molecule has 0 saturated heterocycles. The highest BCUT2D eigenvalue weighted by Crippen LogP contribution is 2.28. The number of aromatic amines is 1. The first-order chi connectivity index (χ1) is 8.66. The number of fused-ring (bicyclic) bond motifs is 1. The van der Waals surface area contributed by atoms with Crippen molar-refractivity contribution < 1.29 is 0 Å². The lowest BCUT2D eigenvalue weighted by Crippen LogP contribution is -1.95. The molecule has 0 aliphatic heterocycles. The highest BCUT2D eigenvalue weighted by atomic mass is 79.9. The number of aromatic nitrogens is 2. The SMILES string of the molecule is S=c1[nH]c2ccccc2n1-c1cc(Br)ccc1Br. The Morgan fingerprint density at radius 3 is 2.67 bits per heavy atom. The van der Waals surface area contributed by atoms with E-state index in [9.17, 15) is 0 Å². The fraction of sp³-hybridized carbons (Fsp3) is 0. The van der Waals surface area contributed by atoms with E-state index in [-0.39, 0.29) is 0 Å². The summed E-state index contributed by atoms with van der Waals surface area (Å²) in [4.78, 5) is 3.21. The van der Waals surface area contributed by atoms with E-state index in [1.165, 1.54) is 0 Å². The molecule has 0 aliphatic carbocycles. The van der Waals surface area contributed by atoms with Gasteiger partial charge in [0.2, 0.25) is 0 Å². The molecule has 0 fully saturated rings. The van der Waals surface area contributed by atoms with Crippen molar-refractivity contribution >= 4 is 55.1 Å². The average Bonchev–Trinajstić information content (AvgIpc) is 2.68. The number of H-pyrrole nitrogens is 1. The Kier molecular flexibility index (Phi) is 3.13. The van der Waals surface area contributed by atoms with Crippen LogP contribution in [-0.2, 0) is 0 Å². The summed E-state index contributed by atoms with van der Waals surface area (Å²) < 4.78 is 4.74. The second-order valence-corrected chi connectivity index (χ2v) is 6.04. The normalized spacial score (nSPS) is 11.0. The maximum absolute atomic E-state index is 5.41. The van der Waals surface area contributed by atoms with Crippen molar-refractivity contribution in [3.8, 4) is 5.69 Å². The van der Waals surface area contributed by atoms with E-state index in [1.807, 2.05) is 41.0 Å². The summed E-state index contributed by atoms with van der Waals surface area (Å²) in [5.41, 5.74) is 3.13. The van der Waals surface area contributed by atoms with Gasteiger partial charge in [-0.25, -0.2) is 0 Å². The highest BCUT2D eigenvalue weighted by Gasteiger charge is 2.09. The molecule has 3 rings (SSSR count). The predicted molar refractivity (Wildman–Crippen MR) is 83.9 cm³/mol. The number of halogens is 2. The minimum Gasteiger partial charge on any atom is -0.330 e. The van der Waals surface area contributed by atoms with E-state index in [4.69, 9.17) is 12.2 Å². The minimum absolute atomic E-state index is 0.690. The zero-order valence-electron chi connectivity index (χ0n) is 9.15. The molecular formula is C13H8Br2N2S. The third kappa shape index (κ3) is 1.96. The molecule has 5 heteroatoms. The Labute approximate surface area is 126 Å². The molecule has 0 spiro atoms. The van der Waals surface area contributed by atoms with Gasteiger partial charge in [0.05, 0.1) is 16.7 Å². The van der Waals surface area contributed by atoms with Crippen LogP contribution in [0.2, 0.25) is 0 Å². The van der Waals surface area contributed by atoms with Gasteiger partial charge in [-0.3, -0.25) is 4.57 Å². The molecule has 90 valence electrons. The zero-order valence-corrected chi connectivity index (χ0v) is 13.1. The molecule has 1 heterocycles. The number of para-hydroxylation sites is 2. The second kappa shape index (κ2) is 4.64. The topological polar surface area (TPSA) is 20.7 Å². The lowest BCUT2D eigenvalue weighted by atomic mass is 10.3. The molecular weight excluding hydrogens is 376 g/mol. The number of nitrogens with zero attached hydrogens (tertiary/aromatic N) is 1. The molecule has 3 aromatic rings. The van der Waals surface area contributed by atoms with Crippen LogP contribution in [0.1, 0.15) is 0 Å². The largest absolute Gasteiger partial charge is 0.330 e. The van der Waals surface area contributed by atoms with Crippen LogP contribution in [-0.4, -0.2) is 9.55 Å². The third-order valence-corrected chi connectivity index (χ3v) is 4.19. The molecule has 0 bridgehead atoms. The molecule has 1 N–H and O–H groups in total. The van der Waals surface area contributed by atoms with Crippen LogP contribution in [0.5, 0.6) is 0 Å². The number of rotatable bonds is 1. The van der Waals surface area contributed by atoms with E-state index >= 15 is 0 Å². The monoisotopic (exact) mass is 382 g/mol. The molecule has 1 aromatic heterocycles. The van der Waals surface area contributed by atoms with E-state index < -0.39 is 0 Å². The van der Waals surface area contributed by atoms with Crippen LogP contribution < -0.4 is 0 Å². The molecule has 0 aliphatic rings. The fourth-order valence-corrected chi connectivity index (χ4v) is 3.03. The molecule has 0 amide bonds. The van der Waals surface area contributed by atoms with Crippen molar-refractivity contribution in [3.63, 3.8) is 0 Å². The van der Waals surface area contributed by atoms with Crippen LogP contribution in [0.25, 0.3) is 16.7 Å². The fourth-order valence-electron chi connectivity index (χ4n) is 1.95. The van der Waals surface area contributed by atoms with E-state index in [1.54, 1.807) is 0 Å². The van der Waals surface area contributed by atoms with Crippen molar-refractivity contribution in [2.75, 3.05) is 0 Å². The van der Waals surface area contributed by atoms with Gasteiger partial charge in [0.1, 0.15) is 0 Å². The van der Waals surface area contributed by atoms with Gasteiger partial charge >= 0.3 is 0 Å². The lowest BCUT2D eigenvalue weighted by molar-refractivity contribution is 1.06. The van der Waals surface area contributed by atoms with E-state index in [0.29, 0.717) is 4.77 Å². The molecule has 0 radical (unpaired) electrons. The number of hydrogen-bond donors (Lipinski definition) is 1. The highest BCUT2D eigenvalue weighted by molar-refractivity contribution is 9.11. The van der Waals surface area contributed by atoms with E-state index in [2.05, 4.69) is 42.9 Å². The maximum atomic E-state index is 5.41. The number of benzene rings is 2. The first-order valence-electron chi connectivity index (χ1n) is 5.32. The summed E-state index contributed by atoms with van der Waals surface area (Å²) in [5.74, 6) is 0. The Bertz CT molecular complexity index is 789. The molecule has 0 saturated carbocycles. The first-order valence-corrected chi connectivity index (χ1v) is 7.31. The molecule has 2 nitrogen and oxygen atoms in total. The standard InChI is InChI=1S/C13H8Br2N2S/c14-8-5-6-9(15)12(7-8)17-11-4-2-1-3-10(11)16-13(17)18/h1-7H,(H,16,18). The van der Waals surface area contributed by atoms with Gasteiger partial charge in [-0.15, -0.1) is 0 Å². The Hall–Kier alpha value is -0.910. The van der Waals surface area contributed by atoms with Gasteiger partial charge in [0.15, 0.2) is 4.77 Å². The zero-order chi connectivity index (χ0) is 12.7. The first kappa shape index (κ1) is 12.1. The van der Waals surface area contributed by atoms with Crippen molar-refractivity contribution in [1.82, 2.24) is 9.55 Å². The molecule has 0 atom stereocenters. The summed E-state index contributed by atoms with van der Waals surface area (Å²) in [6, 6.07) is 14.1. The quantitative estimate of drug-likeness (QED) is 0.571. The van der Waals surface area contributed by atoms with Gasteiger partial charge in [0, 0.05) is 8.95 Å². The number of imidazole rings is 1. The van der Waals surface area contributed by atoms with Crippen molar-refractivity contribution in [1.29, 1.82) is 0 Å². The Balaban J connectivity index is 2.41. The smallest absolute Gasteiger partial charge is 0.182 e. The third-order valence-electron chi connectivity index (χ3n) is 2.74. The molecule has 18 heavy (non-hydrogen) atoms. The van der Waals surface area contributed by atoms with Gasteiger partial charge in [0.25, 0.3) is 0 Å². The summed E-state index contributed by atoms with van der Waals surface area (Å²) in [5, 5.41) is 0. The summed E-state index contributed by atoms with van der Waals surface area (Å²) in [6.07, 6.45) is 0.